The summed E-state index contributed by atoms with van der Waals surface area (Å²) in [4.78, 5) is 14.7. The molecule has 5 fully saturated rings. The largest absolute Gasteiger partial charge is 0.492 e. The normalized spacial score (nSPS) is 57.4. The van der Waals surface area contributed by atoms with Gasteiger partial charge in [0.1, 0.15) is 5.76 Å². The molecule has 8 atom stereocenters. The Balaban J connectivity index is 1.52. The Kier molecular flexibility index (Phi) is 2.38. The van der Waals surface area contributed by atoms with Crippen molar-refractivity contribution in [1.29, 1.82) is 0 Å². The Morgan fingerprint density at radius 3 is 2.92 bits per heavy atom. The van der Waals surface area contributed by atoms with Crippen LogP contribution < -0.4 is 0 Å². The molecule has 5 bridgehead atoms. The monoisotopic (exact) mass is 345 g/mol. The molecule has 0 amide bonds. The quantitative estimate of drug-likeness (QED) is 0.677. The van der Waals surface area contributed by atoms with E-state index in [4.69, 9.17) is 18.9 Å². The summed E-state index contributed by atoms with van der Waals surface area (Å²) in [5.74, 6) is 1.58. The van der Waals surface area contributed by atoms with Gasteiger partial charge in [0.15, 0.2) is 5.76 Å². The van der Waals surface area contributed by atoms with Gasteiger partial charge >= 0.3 is 5.97 Å². The number of allylic oxidation sites excluding steroid dienone is 1. The molecular weight excluding hydrogens is 322 g/mol. The van der Waals surface area contributed by atoms with Crippen LogP contribution in [0.1, 0.15) is 33.6 Å². The highest BCUT2D eigenvalue weighted by Gasteiger charge is 2.83. The number of methoxy groups -OCH3 is 1. The average Bonchev–Trinajstić information content (AvgIpc) is 3.26. The van der Waals surface area contributed by atoms with Crippen LogP contribution in [0.5, 0.6) is 0 Å². The van der Waals surface area contributed by atoms with Crippen molar-refractivity contribution in [3.63, 3.8) is 0 Å². The summed E-state index contributed by atoms with van der Waals surface area (Å²) in [5, 5.41) is 0. The number of esters is 1. The van der Waals surface area contributed by atoms with Crippen molar-refractivity contribution >= 4 is 5.97 Å². The highest BCUT2D eigenvalue weighted by Crippen LogP contribution is 2.72. The van der Waals surface area contributed by atoms with Crippen LogP contribution in [0.3, 0.4) is 0 Å². The lowest BCUT2D eigenvalue weighted by molar-refractivity contribution is -0.255. The lowest BCUT2D eigenvalue weighted by atomic mass is 9.71. The summed E-state index contributed by atoms with van der Waals surface area (Å²) in [6.45, 7) is 7.39. The molecule has 25 heavy (non-hydrogen) atoms. The van der Waals surface area contributed by atoms with Crippen molar-refractivity contribution in [2.75, 3.05) is 13.7 Å². The third-order valence-corrected chi connectivity index (χ3v) is 7.88. The molecule has 0 saturated carbocycles. The Labute approximate surface area is 146 Å². The number of nitrogens with zero attached hydrogens (tertiary/aromatic N) is 1. The summed E-state index contributed by atoms with van der Waals surface area (Å²) in [5.41, 5.74) is 0.600. The van der Waals surface area contributed by atoms with Gasteiger partial charge in [0.2, 0.25) is 11.5 Å². The first-order valence-corrected chi connectivity index (χ1v) is 9.28. The van der Waals surface area contributed by atoms with E-state index in [2.05, 4.69) is 18.7 Å². The Morgan fingerprint density at radius 2 is 2.16 bits per heavy atom. The van der Waals surface area contributed by atoms with E-state index >= 15 is 0 Å². The smallest absolute Gasteiger partial charge is 0.343 e. The van der Waals surface area contributed by atoms with E-state index in [0.717, 1.165) is 25.1 Å². The number of carbonyl (C=O) groups excluding carboxylic acids is 1. The van der Waals surface area contributed by atoms with E-state index in [1.807, 2.05) is 0 Å². The lowest BCUT2D eigenvalue weighted by Crippen LogP contribution is -2.60. The van der Waals surface area contributed by atoms with Crippen molar-refractivity contribution in [3.8, 4) is 0 Å². The van der Waals surface area contributed by atoms with E-state index in [-0.39, 0.29) is 29.4 Å². The van der Waals surface area contributed by atoms with Gasteiger partial charge in [-0.15, -0.1) is 0 Å². The molecule has 0 aromatic rings. The zero-order valence-electron chi connectivity index (χ0n) is 15.0. The van der Waals surface area contributed by atoms with Gasteiger partial charge in [-0.25, -0.2) is 4.79 Å². The van der Waals surface area contributed by atoms with Gasteiger partial charge in [0.05, 0.1) is 30.2 Å². The predicted octanol–water partition coefficient (Wildman–Crippen LogP) is 1.92. The zero-order chi connectivity index (χ0) is 17.3. The number of cyclic esters (lactones) is 1. The van der Waals surface area contributed by atoms with Crippen LogP contribution in [0.25, 0.3) is 0 Å². The maximum absolute atomic E-state index is 12.1. The summed E-state index contributed by atoms with van der Waals surface area (Å²) in [7, 11) is 1.57. The van der Waals surface area contributed by atoms with Gasteiger partial charge in [-0.05, 0) is 33.2 Å². The maximum atomic E-state index is 12.1. The second-order valence-corrected chi connectivity index (χ2v) is 8.55. The van der Waals surface area contributed by atoms with Crippen molar-refractivity contribution in [1.82, 2.24) is 4.90 Å². The van der Waals surface area contributed by atoms with E-state index in [0.29, 0.717) is 29.1 Å². The highest BCUT2D eigenvalue weighted by molar-refractivity contribution is 5.93. The molecule has 5 saturated heterocycles. The zero-order valence-corrected chi connectivity index (χ0v) is 15.0. The van der Waals surface area contributed by atoms with Gasteiger partial charge in [-0.2, -0.15) is 0 Å². The fourth-order valence-electron chi connectivity index (χ4n) is 6.93. The van der Waals surface area contributed by atoms with Crippen LogP contribution in [0.2, 0.25) is 0 Å². The first kappa shape index (κ1) is 14.6. The molecule has 6 heteroatoms. The van der Waals surface area contributed by atoms with Crippen LogP contribution in [0, 0.1) is 17.8 Å². The molecule has 6 nitrogen and oxygen atoms in total. The molecule has 0 aliphatic carbocycles. The molecule has 134 valence electrons. The molecule has 6 aliphatic heterocycles. The standard InChI is InChI=1S/C19H23NO5/c1-8-13-10-7-12-18(3)11(5-6-20(10)18)19(13,24-12)25-15(8)16-14(22-4)9(2)17(21)23-16/h8,10-13H,5-7H2,1-4H3/t8-,10-,11-,12-,13+,18-,19+/m0/s1. The number of ether oxygens (including phenoxy) is 4. The fraction of sp³-hybridized carbons (Fsp3) is 0.737. The molecule has 6 heterocycles. The molecule has 0 N–H and O–H groups in total. The Morgan fingerprint density at radius 1 is 1.36 bits per heavy atom. The van der Waals surface area contributed by atoms with Crippen LogP contribution >= 0.6 is 0 Å². The topological polar surface area (TPSA) is 57.2 Å². The third-order valence-electron chi connectivity index (χ3n) is 7.88. The molecule has 6 rings (SSSR count). The first-order valence-electron chi connectivity index (χ1n) is 9.28. The highest BCUT2D eigenvalue weighted by atomic mass is 16.7. The Bertz CT molecular complexity index is 787. The van der Waals surface area contributed by atoms with E-state index in [1.165, 1.54) is 0 Å². The summed E-state index contributed by atoms with van der Waals surface area (Å²) in [6, 6.07) is 0.490. The second-order valence-electron chi connectivity index (χ2n) is 8.55. The van der Waals surface area contributed by atoms with Crippen LogP contribution in [0.15, 0.2) is 22.9 Å². The first-order chi connectivity index (χ1) is 11.9. The molecule has 0 aromatic carbocycles. The fourth-order valence-corrected chi connectivity index (χ4v) is 6.93. The summed E-state index contributed by atoms with van der Waals surface area (Å²) in [6.07, 6.45) is 2.45. The SMILES string of the molecule is COC1=C(C)C(=O)OC1=C1O[C@@]23O[C@H]4C[C@@H]([C@H]2[C@@H]1C)N1CC[C@H]3[C@@]41C. The van der Waals surface area contributed by atoms with Crippen molar-refractivity contribution in [3.05, 3.63) is 22.9 Å². The van der Waals surface area contributed by atoms with Crippen LogP contribution in [-0.2, 0) is 23.7 Å². The van der Waals surface area contributed by atoms with Gasteiger partial charge < -0.3 is 18.9 Å². The minimum absolute atomic E-state index is 0.100. The summed E-state index contributed by atoms with van der Waals surface area (Å²) >= 11 is 0. The van der Waals surface area contributed by atoms with Crippen LogP contribution in [0.4, 0.5) is 0 Å². The van der Waals surface area contributed by atoms with E-state index < -0.39 is 5.79 Å². The molecule has 0 radical (unpaired) electrons. The minimum atomic E-state index is -0.557. The van der Waals surface area contributed by atoms with Crippen molar-refractivity contribution < 1.29 is 23.7 Å². The van der Waals surface area contributed by atoms with E-state index in [9.17, 15) is 4.79 Å². The number of hydrogen-bond donors (Lipinski definition) is 0. The van der Waals surface area contributed by atoms with Crippen LogP contribution in [-0.4, -0.2) is 48.0 Å². The number of fused-ring (bicyclic) bond motifs is 1. The molecule has 1 spiro atoms. The number of piperidine rings is 1. The van der Waals surface area contributed by atoms with Crippen molar-refractivity contribution in [2.24, 2.45) is 17.8 Å². The molecule has 0 aromatic heterocycles. The molecular formula is C19H23NO5. The predicted molar refractivity (Wildman–Crippen MR) is 85.8 cm³/mol. The average molecular weight is 345 g/mol. The maximum Gasteiger partial charge on any atom is 0.343 e. The van der Waals surface area contributed by atoms with E-state index in [1.54, 1.807) is 14.0 Å². The minimum Gasteiger partial charge on any atom is -0.492 e. The lowest BCUT2D eigenvalue weighted by Gasteiger charge is -2.47. The Hall–Kier alpha value is -1.53. The third kappa shape index (κ3) is 1.29. The molecule has 1 unspecified atom stereocenters. The van der Waals surface area contributed by atoms with Gasteiger partial charge in [0, 0.05) is 17.9 Å². The van der Waals surface area contributed by atoms with Gasteiger partial charge in [0.25, 0.3) is 0 Å². The van der Waals surface area contributed by atoms with Gasteiger partial charge in [-0.1, -0.05) is 6.92 Å². The van der Waals surface area contributed by atoms with Crippen molar-refractivity contribution in [2.45, 2.75) is 57.1 Å². The number of rotatable bonds is 1. The van der Waals surface area contributed by atoms with Gasteiger partial charge in [-0.3, -0.25) is 4.90 Å². The summed E-state index contributed by atoms with van der Waals surface area (Å²) < 4.78 is 24.2. The number of carbonyl (C=O) groups is 1. The second kappa shape index (κ2) is 4.07. The number of hydrogen-bond acceptors (Lipinski definition) is 6. The molecule has 6 aliphatic rings.